The van der Waals surface area contributed by atoms with Crippen molar-refractivity contribution in [1.29, 1.82) is 0 Å². The van der Waals surface area contributed by atoms with Gasteiger partial charge in [-0.1, -0.05) is 44.2 Å². The molecular formula is C16H26N2. The Hall–Kier alpha value is -0.860. The van der Waals surface area contributed by atoms with Gasteiger partial charge in [0.2, 0.25) is 0 Å². The fourth-order valence-corrected chi connectivity index (χ4v) is 2.82. The van der Waals surface area contributed by atoms with Crippen LogP contribution >= 0.6 is 0 Å². The van der Waals surface area contributed by atoms with Gasteiger partial charge in [-0.2, -0.15) is 0 Å². The maximum Gasteiger partial charge on any atom is 0.0323 e. The predicted octanol–water partition coefficient (Wildman–Crippen LogP) is 3.07. The van der Waals surface area contributed by atoms with Gasteiger partial charge < -0.3 is 5.32 Å². The molecule has 0 spiro atoms. The number of benzene rings is 1. The Morgan fingerprint density at radius 1 is 1.17 bits per heavy atom. The Bertz CT molecular complexity index is 361. The van der Waals surface area contributed by atoms with Crippen LogP contribution in [0, 0.1) is 5.92 Å². The van der Waals surface area contributed by atoms with Crippen LogP contribution in [0.25, 0.3) is 0 Å². The monoisotopic (exact) mass is 246 g/mol. The Morgan fingerprint density at radius 3 is 2.44 bits per heavy atom. The van der Waals surface area contributed by atoms with E-state index < -0.39 is 0 Å². The Balaban J connectivity index is 2.10. The molecule has 1 aliphatic heterocycles. The maximum atomic E-state index is 3.66. The fourth-order valence-electron chi connectivity index (χ4n) is 2.82. The minimum Gasteiger partial charge on any atom is -0.311 e. The van der Waals surface area contributed by atoms with Gasteiger partial charge in [0.05, 0.1) is 0 Å². The van der Waals surface area contributed by atoms with Crippen LogP contribution in [0.1, 0.15) is 39.3 Å². The fraction of sp³-hybridized carbons (Fsp3) is 0.625. The van der Waals surface area contributed by atoms with E-state index in [9.17, 15) is 0 Å². The minimum atomic E-state index is 0.504. The zero-order chi connectivity index (χ0) is 13.1. The van der Waals surface area contributed by atoms with Gasteiger partial charge in [0, 0.05) is 31.2 Å². The van der Waals surface area contributed by atoms with E-state index in [0.29, 0.717) is 24.0 Å². The Morgan fingerprint density at radius 2 is 1.83 bits per heavy atom. The molecule has 2 rings (SSSR count). The van der Waals surface area contributed by atoms with Crippen molar-refractivity contribution < 1.29 is 0 Å². The molecule has 1 aromatic rings. The summed E-state index contributed by atoms with van der Waals surface area (Å²) in [7, 11) is 0. The summed E-state index contributed by atoms with van der Waals surface area (Å²) in [4.78, 5) is 2.64. The zero-order valence-electron chi connectivity index (χ0n) is 12.1. The third-order valence-corrected chi connectivity index (χ3v) is 4.23. The van der Waals surface area contributed by atoms with Crippen LogP contribution in [0.15, 0.2) is 30.3 Å². The van der Waals surface area contributed by atoms with Crippen LogP contribution in [0.4, 0.5) is 0 Å². The van der Waals surface area contributed by atoms with Crippen LogP contribution in [-0.4, -0.2) is 30.1 Å². The van der Waals surface area contributed by atoms with Gasteiger partial charge in [0.25, 0.3) is 0 Å². The molecule has 0 amide bonds. The zero-order valence-corrected chi connectivity index (χ0v) is 12.1. The lowest BCUT2D eigenvalue weighted by Gasteiger charge is -2.43. The molecule has 0 aromatic heterocycles. The largest absolute Gasteiger partial charge is 0.311 e. The first-order valence-corrected chi connectivity index (χ1v) is 7.13. The molecule has 1 N–H and O–H groups in total. The average Bonchev–Trinajstić information content (AvgIpc) is 2.39. The number of nitrogens with one attached hydrogen (secondary N) is 1. The van der Waals surface area contributed by atoms with Gasteiger partial charge in [0.1, 0.15) is 0 Å². The first-order valence-electron chi connectivity index (χ1n) is 7.13. The third-order valence-electron chi connectivity index (χ3n) is 4.23. The molecule has 3 atom stereocenters. The number of hydrogen-bond acceptors (Lipinski definition) is 2. The average molecular weight is 246 g/mol. The van der Waals surface area contributed by atoms with Crippen LogP contribution < -0.4 is 5.32 Å². The van der Waals surface area contributed by atoms with E-state index in [1.807, 2.05) is 0 Å². The van der Waals surface area contributed by atoms with E-state index in [0.717, 1.165) is 13.1 Å². The second-order valence-corrected chi connectivity index (χ2v) is 5.89. The smallest absolute Gasteiger partial charge is 0.0323 e. The van der Waals surface area contributed by atoms with Crippen LogP contribution in [0.3, 0.4) is 0 Å². The summed E-state index contributed by atoms with van der Waals surface area (Å²) in [6.45, 7) is 11.5. The summed E-state index contributed by atoms with van der Waals surface area (Å²) in [5.74, 6) is 0.697. The van der Waals surface area contributed by atoms with Gasteiger partial charge >= 0.3 is 0 Å². The Kier molecular flexibility index (Phi) is 4.41. The van der Waals surface area contributed by atoms with E-state index >= 15 is 0 Å². The topological polar surface area (TPSA) is 15.3 Å². The normalized spacial score (nSPS) is 27.4. The Labute approximate surface area is 111 Å². The van der Waals surface area contributed by atoms with Crippen LogP contribution in [0.2, 0.25) is 0 Å². The molecule has 2 heteroatoms. The molecule has 0 bridgehead atoms. The number of hydrogen-bond donors (Lipinski definition) is 1. The van der Waals surface area contributed by atoms with Gasteiger partial charge in [-0.15, -0.1) is 0 Å². The van der Waals surface area contributed by atoms with E-state index in [1.54, 1.807) is 0 Å². The van der Waals surface area contributed by atoms with Gasteiger partial charge in [0.15, 0.2) is 0 Å². The summed E-state index contributed by atoms with van der Waals surface area (Å²) in [5.41, 5.74) is 1.42. The number of nitrogens with zero attached hydrogens (tertiary/aromatic N) is 1. The second kappa shape index (κ2) is 5.85. The molecular weight excluding hydrogens is 220 g/mol. The molecule has 3 unspecified atom stereocenters. The highest BCUT2D eigenvalue weighted by atomic mass is 15.2. The molecule has 2 nitrogen and oxygen atoms in total. The standard InChI is InChI=1S/C16H26N2/c1-12(2)16-11-18(13(3)10-17-16)14(4)15-8-6-5-7-9-15/h5-9,12-14,16-17H,10-11H2,1-4H3. The SMILES string of the molecule is CC(C)C1CN(C(C)c2ccccc2)C(C)CN1. The summed E-state index contributed by atoms with van der Waals surface area (Å²) >= 11 is 0. The molecule has 100 valence electrons. The lowest BCUT2D eigenvalue weighted by atomic mass is 9.96. The first-order chi connectivity index (χ1) is 8.59. The molecule has 0 saturated carbocycles. The predicted molar refractivity (Wildman–Crippen MR) is 77.7 cm³/mol. The van der Waals surface area contributed by atoms with Gasteiger partial charge in [-0.25, -0.2) is 0 Å². The van der Waals surface area contributed by atoms with Crippen molar-refractivity contribution in [2.45, 2.75) is 45.8 Å². The molecule has 1 aromatic carbocycles. The highest BCUT2D eigenvalue weighted by molar-refractivity contribution is 5.18. The molecule has 1 saturated heterocycles. The molecule has 1 fully saturated rings. The summed E-state index contributed by atoms with van der Waals surface area (Å²) < 4.78 is 0. The van der Waals surface area contributed by atoms with Crippen molar-refractivity contribution in [2.24, 2.45) is 5.92 Å². The first kappa shape index (κ1) is 13.6. The van der Waals surface area contributed by atoms with Crippen molar-refractivity contribution in [3.8, 4) is 0 Å². The maximum absolute atomic E-state index is 3.66. The molecule has 0 aliphatic carbocycles. The van der Waals surface area contributed by atoms with Crippen molar-refractivity contribution in [1.82, 2.24) is 10.2 Å². The highest BCUT2D eigenvalue weighted by Crippen LogP contribution is 2.25. The second-order valence-electron chi connectivity index (χ2n) is 5.89. The molecule has 1 heterocycles. The minimum absolute atomic E-state index is 0.504. The van der Waals surface area contributed by atoms with E-state index in [4.69, 9.17) is 0 Å². The van der Waals surface area contributed by atoms with E-state index in [1.165, 1.54) is 5.56 Å². The van der Waals surface area contributed by atoms with Crippen molar-refractivity contribution in [3.05, 3.63) is 35.9 Å². The third kappa shape index (κ3) is 2.93. The summed E-state index contributed by atoms with van der Waals surface area (Å²) in [6.07, 6.45) is 0. The summed E-state index contributed by atoms with van der Waals surface area (Å²) in [6, 6.07) is 12.6. The van der Waals surface area contributed by atoms with Crippen LogP contribution in [0.5, 0.6) is 0 Å². The molecule has 18 heavy (non-hydrogen) atoms. The van der Waals surface area contributed by atoms with Gasteiger partial charge in [-0.3, -0.25) is 4.90 Å². The number of rotatable bonds is 3. The van der Waals surface area contributed by atoms with E-state index in [-0.39, 0.29) is 0 Å². The summed E-state index contributed by atoms with van der Waals surface area (Å²) in [5, 5.41) is 3.66. The van der Waals surface area contributed by atoms with Crippen molar-refractivity contribution in [3.63, 3.8) is 0 Å². The van der Waals surface area contributed by atoms with Crippen molar-refractivity contribution in [2.75, 3.05) is 13.1 Å². The van der Waals surface area contributed by atoms with E-state index in [2.05, 4.69) is 68.2 Å². The molecule has 0 radical (unpaired) electrons. The number of piperazine rings is 1. The quantitative estimate of drug-likeness (QED) is 0.882. The highest BCUT2D eigenvalue weighted by Gasteiger charge is 2.30. The van der Waals surface area contributed by atoms with Crippen LogP contribution in [-0.2, 0) is 0 Å². The lowest BCUT2D eigenvalue weighted by molar-refractivity contribution is 0.0852. The van der Waals surface area contributed by atoms with Crippen molar-refractivity contribution >= 4 is 0 Å². The van der Waals surface area contributed by atoms with Gasteiger partial charge in [-0.05, 0) is 25.3 Å². The lowest BCUT2D eigenvalue weighted by Crippen LogP contribution is -2.57. The molecule has 1 aliphatic rings.